The number of ether oxygens (including phenoxy) is 1. The van der Waals surface area contributed by atoms with Gasteiger partial charge in [-0.3, -0.25) is 0 Å². The zero-order chi connectivity index (χ0) is 12.1. The summed E-state index contributed by atoms with van der Waals surface area (Å²) in [5.41, 5.74) is 5.91. The highest BCUT2D eigenvalue weighted by Crippen LogP contribution is 2.24. The molecule has 100 valence electrons. The number of hydrogen-bond donors (Lipinski definition) is 1. The Morgan fingerprint density at radius 3 is 2.18 bits per heavy atom. The molecule has 0 aliphatic carbocycles. The van der Waals surface area contributed by atoms with Crippen molar-refractivity contribution >= 4 is 0 Å². The summed E-state index contributed by atoms with van der Waals surface area (Å²) in [6.45, 7) is 5.80. The first-order valence-corrected chi connectivity index (χ1v) is 7.39. The highest BCUT2D eigenvalue weighted by molar-refractivity contribution is 4.79. The Balaban J connectivity index is 1.76. The first-order valence-electron chi connectivity index (χ1n) is 7.39. The van der Waals surface area contributed by atoms with Gasteiger partial charge in [0.15, 0.2) is 0 Å². The van der Waals surface area contributed by atoms with Gasteiger partial charge in [-0.15, -0.1) is 0 Å². The molecule has 0 radical (unpaired) electrons. The second kappa shape index (κ2) is 6.72. The third-order valence-electron chi connectivity index (χ3n) is 4.21. The van der Waals surface area contributed by atoms with Gasteiger partial charge in [-0.25, -0.2) is 0 Å². The van der Waals surface area contributed by atoms with E-state index in [4.69, 9.17) is 10.5 Å². The van der Waals surface area contributed by atoms with Crippen LogP contribution in [0, 0.1) is 5.92 Å². The van der Waals surface area contributed by atoms with Crippen LogP contribution in [-0.2, 0) is 4.74 Å². The lowest BCUT2D eigenvalue weighted by molar-refractivity contribution is 0.0195. The Bertz CT molecular complexity index is 202. The van der Waals surface area contributed by atoms with Crippen LogP contribution in [0.5, 0.6) is 0 Å². The van der Waals surface area contributed by atoms with Crippen molar-refractivity contribution in [3.05, 3.63) is 0 Å². The predicted molar refractivity (Wildman–Crippen MR) is 70.8 cm³/mol. The van der Waals surface area contributed by atoms with E-state index < -0.39 is 0 Å². The fraction of sp³-hybridized carbons (Fsp3) is 1.00. The van der Waals surface area contributed by atoms with Gasteiger partial charge in [-0.1, -0.05) is 32.6 Å². The largest absolute Gasteiger partial charge is 0.359 e. The van der Waals surface area contributed by atoms with E-state index in [-0.39, 0.29) is 6.23 Å². The molecule has 2 aliphatic heterocycles. The third-order valence-corrected chi connectivity index (χ3v) is 4.21. The number of rotatable bonds is 2. The minimum Gasteiger partial charge on any atom is -0.359 e. The molecule has 3 nitrogen and oxygen atoms in total. The van der Waals surface area contributed by atoms with Crippen LogP contribution in [-0.4, -0.2) is 36.9 Å². The summed E-state index contributed by atoms with van der Waals surface area (Å²) in [6, 6.07) is 0. The van der Waals surface area contributed by atoms with Crippen LogP contribution in [0.2, 0.25) is 0 Å². The van der Waals surface area contributed by atoms with Crippen LogP contribution in [0.4, 0.5) is 0 Å². The summed E-state index contributed by atoms with van der Waals surface area (Å²) in [5.74, 6) is 0.525. The van der Waals surface area contributed by atoms with Gasteiger partial charge in [-0.05, 0) is 38.3 Å². The van der Waals surface area contributed by atoms with E-state index in [0.717, 1.165) is 13.0 Å². The van der Waals surface area contributed by atoms with Crippen LogP contribution in [0.25, 0.3) is 0 Å². The zero-order valence-corrected chi connectivity index (χ0v) is 11.2. The molecular weight excluding hydrogens is 212 g/mol. The summed E-state index contributed by atoms with van der Waals surface area (Å²) in [6.07, 6.45) is 9.85. The normalized spacial score (nSPS) is 37.4. The molecule has 2 rings (SSSR count). The van der Waals surface area contributed by atoms with Crippen LogP contribution in [0.3, 0.4) is 0 Å². The van der Waals surface area contributed by atoms with E-state index in [1.165, 1.54) is 51.6 Å². The molecule has 0 bridgehead atoms. The van der Waals surface area contributed by atoms with E-state index in [9.17, 15) is 0 Å². The first kappa shape index (κ1) is 13.3. The molecule has 0 aromatic heterocycles. The van der Waals surface area contributed by atoms with E-state index >= 15 is 0 Å². The zero-order valence-electron chi connectivity index (χ0n) is 11.2. The average molecular weight is 240 g/mol. The minimum atomic E-state index is -0.0301. The lowest BCUT2D eigenvalue weighted by atomic mass is 10.1. The summed E-state index contributed by atoms with van der Waals surface area (Å²) in [7, 11) is 0. The Hall–Kier alpha value is -0.120. The van der Waals surface area contributed by atoms with Crippen molar-refractivity contribution in [2.24, 2.45) is 11.7 Å². The molecule has 0 aromatic rings. The van der Waals surface area contributed by atoms with Gasteiger partial charge in [0.1, 0.15) is 6.23 Å². The number of hydrogen-bond acceptors (Lipinski definition) is 3. The Morgan fingerprint density at radius 1 is 1.06 bits per heavy atom. The maximum absolute atomic E-state index is 5.91. The molecule has 2 unspecified atom stereocenters. The number of nitrogens with two attached hydrogens (primary N) is 1. The highest BCUT2D eigenvalue weighted by atomic mass is 16.5. The molecule has 2 N–H and O–H groups in total. The lowest BCUT2D eigenvalue weighted by Crippen LogP contribution is -2.34. The van der Waals surface area contributed by atoms with Crippen molar-refractivity contribution < 1.29 is 4.74 Å². The van der Waals surface area contributed by atoms with Crippen molar-refractivity contribution in [3.8, 4) is 0 Å². The molecule has 0 spiro atoms. The topological polar surface area (TPSA) is 38.5 Å². The highest BCUT2D eigenvalue weighted by Gasteiger charge is 2.30. The van der Waals surface area contributed by atoms with Crippen LogP contribution < -0.4 is 5.73 Å². The summed E-state index contributed by atoms with van der Waals surface area (Å²) < 4.78 is 5.82. The second-order valence-corrected chi connectivity index (χ2v) is 5.86. The molecule has 2 fully saturated rings. The monoisotopic (exact) mass is 240 g/mol. The van der Waals surface area contributed by atoms with Crippen molar-refractivity contribution in [2.45, 2.75) is 64.2 Å². The Morgan fingerprint density at radius 2 is 1.65 bits per heavy atom. The Kier molecular flexibility index (Phi) is 5.26. The fourth-order valence-corrected chi connectivity index (χ4v) is 3.04. The van der Waals surface area contributed by atoms with Crippen LogP contribution in [0.1, 0.15) is 51.9 Å². The molecule has 2 heterocycles. The van der Waals surface area contributed by atoms with E-state index in [1.54, 1.807) is 0 Å². The molecule has 2 saturated heterocycles. The van der Waals surface area contributed by atoms with E-state index in [0.29, 0.717) is 12.0 Å². The molecule has 3 heteroatoms. The van der Waals surface area contributed by atoms with E-state index in [1.807, 2.05) is 0 Å². The van der Waals surface area contributed by atoms with Crippen LogP contribution in [0.15, 0.2) is 0 Å². The maximum atomic E-state index is 5.91. The van der Waals surface area contributed by atoms with Gasteiger partial charge in [0, 0.05) is 6.54 Å². The van der Waals surface area contributed by atoms with Crippen molar-refractivity contribution in [2.75, 3.05) is 19.6 Å². The van der Waals surface area contributed by atoms with Crippen molar-refractivity contribution in [1.82, 2.24) is 4.90 Å². The molecule has 3 atom stereocenters. The maximum Gasteiger partial charge on any atom is 0.108 e. The molecule has 2 aliphatic rings. The van der Waals surface area contributed by atoms with Crippen molar-refractivity contribution in [1.29, 1.82) is 0 Å². The molecule has 0 saturated carbocycles. The van der Waals surface area contributed by atoms with E-state index in [2.05, 4.69) is 11.8 Å². The predicted octanol–water partition coefficient (Wildman–Crippen LogP) is 2.35. The first-order chi connectivity index (χ1) is 8.25. The van der Waals surface area contributed by atoms with Gasteiger partial charge in [0.05, 0.1) is 6.10 Å². The lowest BCUT2D eigenvalue weighted by Gasteiger charge is -2.24. The minimum absolute atomic E-state index is 0.0301. The average Bonchev–Trinajstić information content (AvgIpc) is 2.67. The quantitative estimate of drug-likeness (QED) is 0.805. The Labute approximate surface area is 106 Å². The fourth-order valence-electron chi connectivity index (χ4n) is 3.04. The SMILES string of the molecule is C[C@H]1CC(CN2CCCCCCCC2)OC1N. The summed E-state index contributed by atoms with van der Waals surface area (Å²) >= 11 is 0. The van der Waals surface area contributed by atoms with Crippen LogP contribution >= 0.6 is 0 Å². The standard InChI is InChI=1S/C14H28N2O/c1-12-10-13(17-14(12)15)11-16-8-6-4-2-3-5-7-9-16/h12-14H,2-11,15H2,1H3/t12-,13?,14?/m0/s1. The molecule has 17 heavy (non-hydrogen) atoms. The number of nitrogens with zero attached hydrogens (tertiary/aromatic N) is 1. The smallest absolute Gasteiger partial charge is 0.108 e. The molecule has 0 aromatic carbocycles. The third kappa shape index (κ3) is 4.23. The van der Waals surface area contributed by atoms with Gasteiger partial charge in [-0.2, -0.15) is 0 Å². The summed E-state index contributed by atoms with van der Waals surface area (Å²) in [5, 5.41) is 0. The van der Waals surface area contributed by atoms with Crippen molar-refractivity contribution in [3.63, 3.8) is 0 Å². The summed E-state index contributed by atoms with van der Waals surface area (Å²) in [4.78, 5) is 2.60. The van der Waals surface area contributed by atoms with Gasteiger partial charge < -0.3 is 15.4 Å². The van der Waals surface area contributed by atoms with Gasteiger partial charge >= 0.3 is 0 Å². The second-order valence-electron chi connectivity index (χ2n) is 5.86. The molecule has 0 amide bonds. The van der Waals surface area contributed by atoms with Gasteiger partial charge in [0.25, 0.3) is 0 Å². The van der Waals surface area contributed by atoms with Gasteiger partial charge in [0.2, 0.25) is 0 Å². The molecular formula is C14H28N2O.